The molecule has 2 saturated heterocycles. The van der Waals surface area contributed by atoms with E-state index in [1.165, 1.54) is 0 Å². The molecular weight excluding hydrogens is 899 g/mol. The number of hydrogen-bond acceptors (Lipinski definition) is 9. The molecule has 2 fully saturated rings. The Hall–Kier alpha value is -5.98. The molecule has 0 amide bonds. The van der Waals surface area contributed by atoms with E-state index in [-0.39, 0.29) is 10.8 Å². The predicted octanol–water partition coefficient (Wildman–Crippen LogP) is 14.2. The van der Waals surface area contributed by atoms with Crippen LogP contribution in [-0.2, 0) is 41.6 Å². The van der Waals surface area contributed by atoms with Crippen LogP contribution in [0.4, 0.5) is 0 Å². The molecular formula is C62H67N3O7. The lowest BCUT2D eigenvalue weighted by Gasteiger charge is -2.40. The van der Waals surface area contributed by atoms with Crippen LogP contribution in [0.15, 0.2) is 132 Å². The van der Waals surface area contributed by atoms with Gasteiger partial charge in [0.2, 0.25) is 5.95 Å². The second-order valence-corrected chi connectivity index (χ2v) is 20.3. The summed E-state index contributed by atoms with van der Waals surface area (Å²) in [6.45, 7) is 13.3. The second kappa shape index (κ2) is 22.0. The number of benzene rings is 6. The first kappa shape index (κ1) is 48.3. The quantitative estimate of drug-likeness (QED) is 0.0519. The van der Waals surface area contributed by atoms with Crippen LogP contribution < -0.4 is 0 Å². The van der Waals surface area contributed by atoms with Crippen LogP contribution in [0.5, 0.6) is 0 Å². The van der Waals surface area contributed by atoms with Crippen molar-refractivity contribution < 1.29 is 32.8 Å². The Morgan fingerprint density at radius 1 is 0.486 bits per heavy atom. The number of furan rings is 1. The van der Waals surface area contributed by atoms with Gasteiger partial charge in [-0.15, -0.1) is 0 Å². The van der Waals surface area contributed by atoms with E-state index in [2.05, 4.69) is 134 Å². The average Bonchev–Trinajstić information content (AvgIpc) is 3.92. The molecule has 0 saturated carbocycles. The van der Waals surface area contributed by atoms with Crippen molar-refractivity contribution in [3.05, 3.63) is 139 Å². The lowest BCUT2D eigenvalue weighted by molar-refractivity contribution is -0.150. The molecule has 11 rings (SSSR count). The third kappa shape index (κ3) is 10.2. The first-order valence-electron chi connectivity index (χ1n) is 26.3. The molecule has 0 N–H and O–H groups in total. The molecule has 0 spiro atoms. The minimum atomic E-state index is 0.224. The zero-order valence-corrected chi connectivity index (χ0v) is 42.0. The molecule has 10 nitrogen and oxygen atoms in total. The van der Waals surface area contributed by atoms with Crippen molar-refractivity contribution in [3.8, 4) is 28.5 Å². The highest BCUT2D eigenvalue weighted by Gasteiger charge is 2.37. The molecule has 72 heavy (non-hydrogen) atoms. The van der Waals surface area contributed by atoms with Gasteiger partial charge in [-0.3, -0.25) is 4.57 Å². The number of aromatic nitrogens is 3. The molecule has 0 bridgehead atoms. The molecule has 10 heteroatoms. The van der Waals surface area contributed by atoms with Gasteiger partial charge in [-0.1, -0.05) is 105 Å². The lowest BCUT2D eigenvalue weighted by Crippen LogP contribution is -2.45. The van der Waals surface area contributed by atoms with Crippen LogP contribution in [-0.4, -0.2) is 80.6 Å². The highest BCUT2D eigenvalue weighted by atomic mass is 16.5. The Kier molecular flexibility index (Phi) is 14.8. The largest absolute Gasteiger partial charge is 0.456 e. The third-order valence-corrected chi connectivity index (χ3v) is 15.2. The summed E-state index contributed by atoms with van der Waals surface area (Å²) < 4.78 is 44.7. The standard InChI is InChI=1S/C62H67N3O7/c1-3-61(40-70-41-61)38-68-29-17-7-15-27-66-36-44-25-26-57-51(31-44)52-33-50-53-32-47(37-67-28-16-8-18-30-69-39-62(4-2)42-71-43-62)48-23-13-14-24-49(48)59(53)65(56(50)35-58(52)72-57)60-63-54(45-19-9-5-10-20-45)34-55(64-60)46-21-11-6-12-22-46/h5-6,9-14,19-26,31-35H,3-4,7-8,15-18,27-30,36-43H2,1-2H3. The normalized spacial score (nSPS) is 15.2. The highest BCUT2D eigenvalue weighted by Crippen LogP contribution is 2.42. The van der Waals surface area contributed by atoms with Crippen LogP contribution in [0, 0.1) is 10.8 Å². The van der Waals surface area contributed by atoms with Crippen molar-refractivity contribution in [1.29, 1.82) is 0 Å². The monoisotopic (exact) mass is 965 g/mol. The molecule has 0 atom stereocenters. The van der Waals surface area contributed by atoms with Crippen molar-refractivity contribution >= 4 is 54.5 Å². The summed E-state index contributed by atoms with van der Waals surface area (Å²) in [6.07, 6.45) is 8.39. The zero-order valence-electron chi connectivity index (χ0n) is 42.0. The van der Waals surface area contributed by atoms with Crippen molar-refractivity contribution in [2.24, 2.45) is 10.8 Å². The summed E-state index contributed by atoms with van der Waals surface area (Å²) in [5.41, 5.74) is 10.1. The van der Waals surface area contributed by atoms with Gasteiger partial charge in [0.05, 0.1) is 75.3 Å². The number of hydrogen-bond donors (Lipinski definition) is 0. The van der Waals surface area contributed by atoms with E-state index in [4.69, 9.17) is 42.8 Å². The van der Waals surface area contributed by atoms with Crippen molar-refractivity contribution in [2.75, 3.05) is 66.1 Å². The van der Waals surface area contributed by atoms with Crippen LogP contribution in [0.2, 0.25) is 0 Å². The minimum absolute atomic E-state index is 0.224. The molecule has 2 aliphatic heterocycles. The van der Waals surface area contributed by atoms with Crippen molar-refractivity contribution in [2.45, 2.75) is 78.4 Å². The van der Waals surface area contributed by atoms with Gasteiger partial charge in [0.25, 0.3) is 0 Å². The molecule has 3 aromatic heterocycles. The summed E-state index contributed by atoms with van der Waals surface area (Å²) in [4.78, 5) is 10.8. The molecule has 6 aromatic carbocycles. The molecule has 2 aliphatic rings. The molecule has 5 heterocycles. The number of fused-ring (bicyclic) bond motifs is 8. The third-order valence-electron chi connectivity index (χ3n) is 15.2. The van der Waals surface area contributed by atoms with E-state index < -0.39 is 0 Å². The van der Waals surface area contributed by atoms with Gasteiger partial charge in [0, 0.05) is 81.4 Å². The van der Waals surface area contributed by atoms with E-state index in [9.17, 15) is 0 Å². The van der Waals surface area contributed by atoms with Gasteiger partial charge in [0.1, 0.15) is 11.2 Å². The maximum atomic E-state index is 6.72. The Balaban J connectivity index is 0.903. The van der Waals surface area contributed by atoms with Crippen LogP contribution in [0.1, 0.15) is 76.3 Å². The fraction of sp³-hybridized carbons (Fsp3) is 0.387. The predicted molar refractivity (Wildman–Crippen MR) is 288 cm³/mol. The Morgan fingerprint density at radius 3 is 1.62 bits per heavy atom. The van der Waals surface area contributed by atoms with E-state index in [1.54, 1.807) is 0 Å². The van der Waals surface area contributed by atoms with E-state index in [0.717, 1.165) is 192 Å². The Morgan fingerprint density at radius 2 is 1.04 bits per heavy atom. The van der Waals surface area contributed by atoms with Gasteiger partial charge >= 0.3 is 0 Å². The minimum Gasteiger partial charge on any atom is -0.456 e. The van der Waals surface area contributed by atoms with Gasteiger partial charge in [-0.05, 0) is 98.2 Å². The van der Waals surface area contributed by atoms with E-state index >= 15 is 0 Å². The molecule has 0 aliphatic carbocycles. The highest BCUT2D eigenvalue weighted by molar-refractivity contribution is 6.22. The summed E-state index contributed by atoms with van der Waals surface area (Å²) in [6, 6.07) is 44.8. The van der Waals surface area contributed by atoms with Crippen molar-refractivity contribution in [1.82, 2.24) is 14.5 Å². The number of unbranched alkanes of at least 4 members (excludes halogenated alkanes) is 4. The second-order valence-electron chi connectivity index (χ2n) is 20.3. The van der Waals surface area contributed by atoms with Crippen LogP contribution >= 0.6 is 0 Å². The molecule has 0 unspecified atom stereocenters. The Bertz CT molecular complexity index is 3200. The molecule has 9 aromatic rings. The SMILES string of the molecule is CCC1(COCCCCCOCc2ccc3oc4cc5c(cc4c3c2)c2cc(COCCCCCOCC3(CC)COC3)c3ccccc3c2n5-c2nc(-c3ccccc3)cc(-c3ccccc3)n2)COC1. The fourth-order valence-electron chi connectivity index (χ4n) is 10.4. The topological polar surface area (TPSA) is 99.2 Å². The fourth-order valence-corrected chi connectivity index (χ4v) is 10.4. The van der Waals surface area contributed by atoms with Gasteiger partial charge in [0.15, 0.2) is 0 Å². The molecule has 372 valence electrons. The van der Waals surface area contributed by atoms with Gasteiger partial charge < -0.3 is 32.8 Å². The number of rotatable bonds is 25. The van der Waals surface area contributed by atoms with E-state index in [0.29, 0.717) is 32.4 Å². The number of nitrogens with zero attached hydrogens (tertiary/aromatic N) is 3. The average molecular weight is 966 g/mol. The number of ether oxygens (including phenoxy) is 6. The molecule has 0 radical (unpaired) electrons. The van der Waals surface area contributed by atoms with Crippen LogP contribution in [0.3, 0.4) is 0 Å². The lowest BCUT2D eigenvalue weighted by atomic mass is 9.84. The van der Waals surface area contributed by atoms with Gasteiger partial charge in [-0.2, -0.15) is 0 Å². The summed E-state index contributed by atoms with van der Waals surface area (Å²) in [7, 11) is 0. The summed E-state index contributed by atoms with van der Waals surface area (Å²) in [5, 5.41) is 6.59. The smallest absolute Gasteiger partial charge is 0.235 e. The Labute approximate surface area is 422 Å². The maximum Gasteiger partial charge on any atom is 0.235 e. The van der Waals surface area contributed by atoms with E-state index in [1.807, 2.05) is 12.1 Å². The summed E-state index contributed by atoms with van der Waals surface area (Å²) >= 11 is 0. The first-order chi connectivity index (χ1) is 35.5. The van der Waals surface area contributed by atoms with Crippen LogP contribution in [0.25, 0.3) is 83.0 Å². The first-order valence-corrected chi connectivity index (χ1v) is 26.3. The van der Waals surface area contributed by atoms with Crippen molar-refractivity contribution in [3.63, 3.8) is 0 Å². The van der Waals surface area contributed by atoms with Gasteiger partial charge in [-0.25, -0.2) is 9.97 Å². The summed E-state index contributed by atoms with van der Waals surface area (Å²) in [5.74, 6) is 0.593. The maximum absolute atomic E-state index is 6.72. The zero-order chi connectivity index (χ0) is 48.7.